The molecule has 0 atom stereocenters. The lowest BCUT2D eigenvalue weighted by Gasteiger charge is -2.08. The number of allylic oxidation sites excluding steroid dienone is 1. The fourth-order valence-corrected chi connectivity index (χ4v) is 2.60. The summed E-state index contributed by atoms with van der Waals surface area (Å²) in [4.78, 5) is 24.9. The third kappa shape index (κ3) is 3.95. The zero-order valence-electron chi connectivity index (χ0n) is 14.0. The minimum absolute atomic E-state index is 0.0220. The SMILES string of the molecule is CCOC(=O)C1=C(Nc2ccccc2)O/C(=C/c2cccc(Cl)c2)C1=O. The first kappa shape index (κ1) is 17.8. The maximum Gasteiger partial charge on any atom is 0.347 e. The number of benzene rings is 2. The number of rotatable bonds is 5. The fourth-order valence-electron chi connectivity index (χ4n) is 2.41. The maximum atomic E-state index is 12.7. The third-order valence-electron chi connectivity index (χ3n) is 3.55. The van der Waals surface area contributed by atoms with Gasteiger partial charge in [-0.25, -0.2) is 4.79 Å². The molecule has 0 aliphatic carbocycles. The molecule has 6 heteroatoms. The molecule has 1 aliphatic heterocycles. The summed E-state index contributed by atoms with van der Waals surface area (Å²) in [6, 6.07) is 16.1. The van der Waals surface area contributed by atoms with E-state index < -0.39 is 11.8 Å². The second-order valence-electron chi connectivity index (χ2n) is 5.41. The Balaban J connectivity index is 1.94. The Morgan fingerprint density at radius 3 is 2.65 bits per heavy atom. The predicted octanol–water partition coefficient (Wildman–Crippen LogP) is 4.17. The number of ketones is 1. The lowest BCUT2D eigenvalue weighted by atomic mass is 10.1. The van der Waals surface area contributed by atoms with Gasteiger partial charge in [-0.15, -0.1) is 0 Å². The molecule has 132 valence electrons. The summed E-state index contributed by atoms with van der Waals surface area (Å²) < 4.78 is 10.6. The van der Waals surface area contributed by atoms with Gasteiger partial charge in [-0.2, -0.15) is 0 Å². The van der Waals surface area contributed by atoms with E-state index >= 15 is 0 Å². The van der Waals surface area contributed by atoms with Crippen LogP contribution < -0.4 is 5.32 Å². The molecule has 0 aromatic heterocycles. The minimum atomic E-state index is -0.731. The quantitative estimate of drug-likeness (QED) is 0.487. The Hall–Kier alpha value is -3.05. The molecule has 0 amide bonds. The second kappa shape index (κ2) is 7.89. The Morgan fingerprint density at radius 2 is 1.96 bits per heavy atom. The number of hydrogen-bond acceptors (Lipinski definition) is 5. The molecule has 1 heterocycles. The van der Waals surface area contributed by atoms with Crippen molar-refractivity contribution in [3.05, 3.63) is 82.4 Å². The highest BCUT2D eigenvalue weighted by Gasteiger charge is 2.36. The zero-order chi connectivity index (χ0) is 18.5. The van der Waals surface area contributed by atoms with E-state index in [1.807, 2.05) is 18.2 Å². The molecule has 0 bridgehead atoms. The number of carbonyl (C=O) groups excluding carboxylic acids is 2. The van der Waals surface area contributed by atoms with Crippen LogP contribution >= 0.6 is 11.6 Å². The molecule has 1 aliphatic rings. The van der Waals surface area contributed by atoms with E-state index in [0.717, 1.165) is 0 Å². The monoisotopic (exact) mass is 369 g/mol. The molecule has 2 aromatic rings. The first-order chi connectivity index (χ1) is 12.6. The number of para-hydroxylation sites is 1. The van der Waals surface area contributed by atoms with Crippen LogP contribution in [0.1, 0.15) is 12.5 Å². The number of nitrogens with one attached hydrogen (secondary N) is 1. The first-order valence-electron chi connectivity index (χ1n) is 8.01. The van der Waals surface area contributed by atoms with Gasteiger partial charge in [-0.3, -0.25) is 4.79 Å². The highest BCUT2D eigenvalue weighted by Crippen LogP contribution is 2.29. The van der Waals surface area contributed by atoms with Gasteiger partial charge in [-0.05, 0) is 42.8 Å². The van der Waals surface area contributed by atoms with E-state index in [4.69, 9.17) is 21.1 Å². The van der Waals surface area contributed by atoms with Gasteiger partial charge in [0.15, 0.2) is 11.3 Å². The van der Waals surface area contributed by atoms with Crippen LogP contribution in [0.4, 0.5) is 5.69 Å². The van der Waals surface area contributed by atoms with E-state index in [0.29, 0.717) is 16.3 Å². The van der Waals surface area contributed by atoms with Gasteiger partial charge in [-0.1, -0.05) is 41.9 Å². The third-order valence-corrected chi connectivity index (χ3v) is 3.78. The van der Waals surface area contributed by atoms with Crippen molar-refractivity contribution < 1.29 is 19.1 Å². The molecule has 3 rings (SSSR count). The Labute approximate surface area is 155 Å². The minimum Gasteiger partial charge on any atom is -0.462 e. The first-order valence-corrected chi connectivity index (χ1v) is 8.39. The Bertz CT molecular complexity index is 903. The summed E-state index contributed by atoms with van der Waals surface area (Å²) in [5, 5.41) is 3.49. The molecule has 5 nitrogen and oxygen atoms in total. The maximum absolute atomic E-state index is 12.7. The van der Waals surface area contributed by atoms with Gasteiger partial charge in [0.1, 0.15) is 0 Å². The van der Waals surface area contributed by atoms with E-state index in [-0.39, 0.29) is 23.8 Å². The Kier molecular flexibility index (Phi) is 5.39. The molecule has 0 radical (unpaired) electrons. The lowest BCUT2D eigenvalue weighted by Crippen LogP contribution is -2.16. The molecule has 2 aromatic carbocycles. The number of halogens is 1. The predicted molar refractivity (Wildman–Crippen MR) is 99.2 cm³/mol. The van der Waals surface area contributed by atoms with Gasteiger partial charge >= 0.3 is 5.97 Å². The molecule has 1 N–H and O–H groups in total. The van der Waals surface area contributed by atoms with Gasteiger partial charge in [0.2, 0.25) is 11.7 Å². The normalized spacial score (nSPS) is 15.2. The van der Waals surface area contributed by atoms with Gasteiger partial charge in [0.25, 0.3) is 0 Å². The molecular formula is C20H16ClNO4. The largest absolute Gasteiger partial charge is 0.462 e. The molecule has 0 saturated heterocycles. The summed E-state index contributed by atoms with van der Waals surface area (Å²) in [7, 11) is 0. The summed E-state index contributed by atoms with van der Waals surface area (Å²) in [6.45, 7) is 1.83. The molecule has 0 fully saturated rings. The van der Waals surface area contributed by atoms with Crippen molar-refractivity contribution in [1.82, 2.24) is 0 Å². The number of esters is 1. The molecule has 0 spiro atoms. The van der Waals surface area contributed by atoms with Crippen LogP contribution in [0.2, 0.25) is 5.02 Å². The second-order valence-corrected chi connectivity index (χ2v) is 5.85. The van der Waals surface area contributed by atoms with Crippen molar-refractivity contribution >= 4 is 35.1 Å². The van der Waals surface area contributed by atoms with E-state index in [1.54, 1.807) is 43.3 Å². The van der Waals surface area contributed by atoms with Gasteiger partial charge < -0.3 is 14.8 Å². The van der Waals surface area contributed by atoms with Crippen LogP contribution in [-0.4, -0.2) is 18.4 Å². The zero-order valence-corrected chi connectivity index (χ0v) is 14.7. The highest BCUT2D eigenvalue weighted by molar-refractivity contribution is 6.30. The molecule has 26 heavy (non-hydrogen) atoms. The topological polar surface area (TPSA) is 64.6 Å². The fraction of sp³-hybridized carbons (Fsp3) is 0.100. The van der Waals surface area contributed by atoms with Crippen LogP contribution in [0.25, 0.3) is 6.08 Å². The van der Waals surface area contributed by atoms with Crippen LogP contribution in [0, 0.1) is 0 Å². The van der Waals surface area contributed by atoms with Crippen LogP contribution in [0.5, 0.6) is 0 Å². The average molecular weight is 370 g/mol. The summed E-state index contributed by atoms with van der Waals surface area (Å²) in [5.74, 6) is -1.20. The number of Topliss-reactive ketones (excluding diaryl/α,β-unsaturated/α-hetero) is 1. The standard InChI is InChI=1S/C20H16ClNO4/c1-2-25-20(24)17-18(23)16(12-13-7-6-8-14(21)11-13)26-19(17)22-15-9-4-3-5-10-15/h3-12,22H,2H2,1H3/b16-12+. The van der Waals surface area contributed by atoms with Crippen molar-refractivity contribution in [3.63, 3.8) is 0 Å². The average Bonchev–Trinajstić information content (AvgIpc) is 2.91. The number of ether oxygens (including phenoxy) is 2. The molecule has 0 saturated carbocycles. The Morgan fingerprint density at radius 1 is 1.19 bits per heavy atom. The molecular weight excluding hydrogens is 354 g/mol. The number of carbonyl (C=O) groups is 2. The van der Waals surface area contributed by atoms with E-state index in [2.05, 4.69) is 5.32 Å². The smallest absolute Gasteiger partial charge is 0.347 e. The van der Waals surface area contributed by atoms with Gasteiger partial charge in [0, 0.05) is 10.7 Å². The number of anilines is 1. The lowest BCUT2D eigenvalue weighted by molar-refractivity contribution is -0.139. The molecule has 0 unspecified atom stereocenters. The van der Waals surface area contributed by atoms with Crippen molar-refractivity contribution in [2.45, 2.75) is 6.92 Å². The van der Waals surface area contributed by atoms with E-state index in [1.165, 1.54) is 6.08 Å². The van der Waals surface area contributed by atoms with E-state index in [9.17, 15) is 9.59 Å². The van der Waals surface area contributed by atoms with Crippen LogP contribution in [-0.2, 0) is 19.1 Å². The van der Waals surface area contributed by atoms with Crippen molar-refractivity contribution in [2.24, 2.45) is 0 Å². The van der Waals surface area contributed by atoms with Crippen molar-refractivity contribution in [3.8, 4) is 0 Å². The van der Waals surface area contributed by atoms with Crippen molar-refractivity contribution in [1.29, 1.82) is 0 Å². The van der Waals surface area contributed by atoms with Crippen LogP contribution in [0.3, 0.4) is 0 Å². The summed E-state index contributed by atoms with van der Waals surface area (Å²) in [5.41, 5.74) is 1.20. The summed E-state index contributed by atoms with van der Waals surface area (Å²) in [6.07, 6.45) is 1.53. The van der Waals surface area contributed by atoms with Gasteiger partial charge in [0.05, 0.1) is 6.61 Å². The summed E-state index contributed by atoms with van der Waals surface area (Å²) >= 11 is 5.97. The van der Waals surface area contributed by atoms with Crippen LogP contribution in [0.15, 0.2) is 71.8 Å². The number of hydrogen-bond donors (Lipinski definition) is 1. The highest BCUT2D eigenvalue weighted by atomic mass is 35.5. The van der Waals surface area contributed by atoms with Crippen molar-refractivity contribution in [2.75, 3.05) is 11.9 Å².